The third-order valence-corrected chi connectivity index (χ3v) is 5.32. The molecule has 104 valence electrons. The average molecular weight is 252 g/mol. The van der Waals surface area contributed by atoms with Crippen LogP contribution in [0, 0.1) is 5.92 Å². The summed E-state index contributed by atoms with van der Waals surface area (Å²) in [6.45, 7) is 4.45. The largest absolute Gasteiger partial charge is 0.374 e. The van der Waals surface area contributed by atoms with Crippen molar-refractivity contribution in [2.75, 3.05) is 20.1 Å². The number of fused-ring (bicyclic) bond motifs is 2. The van der Waals surface area contributed by atoms with Gasteiger partial charge in [-0.25, -0.2) is 0 Å². The zero-order chi connectivity index (χ0) is 12.5. The second-order valence-corrected chi connectivity index (χ2v) is 6.69. The van der Waals surface area contributed by atoms with Crippen molar-refractivity contribution in [3.8, 4) is 0 Å². The summed E-state index contributed by atoms with van der Waals surface area (Å²) < 4.78 is 5.85. The van der Waals surface area contributed by atoms with Gasteiger partial charge in [0.25, 0.3) is 0 Å². The van der Waals surface area contributed by atoms with Crippen molar-refractivity contribution in [1.29, 1.82) is 0 Å². The first-order chi connectivity index (χ1) is 8.72. The van der Waals surface area contributed by atoms with Crippen LogP contribution in [0.15, 0.2) is 0 Å². The quantitative estimate of drug-likeness (QED) is 0.828. The molecule has 0 saturated carbocycles. The van der Waals surface area contributed by atoms with Crippen LogP contribution < -0.4 is 5.32 Å². The molecule has 0 aromatic carbocycles. The molecule has 0 aromatic heterocycles. The van der Waals surface area contributed by atoms with E-state index in [4.69, 9.17) is 4.74 Å². The van der Waals surface area contributed by atoms with Gasteiger partial charge < -0.3 is 15.0 Å². The lowest BCUT2D eigenvalue weighted by Gasteiger charge is -2.36. The Morgan fingerprint density at radius 1 is 1.06 bits per heavy atom. The maximum absolute atomic E-state index is 5.85. The first-order valence-corrected chi connectivity index (χ1v) is 7.80. The molecule has 3 heteroatoms. The number of hydrogen-bond donors (Lipinski definition) is 1. The fourth-order valence-corrected chi connectivity index (χ4v) is 4.17. The molecule has 4 atom stereocenters. The highest BCUT2D eigenvalue weighted by molar-refractivity contribution is 4.93. The Morgan fingerprint density at radius 3 is 2.39 bits per heavy atom. The molecular weight excluding hydrogens is 224 g/mol. The van der Waals surface area contributed by atoms with E-state index in [0.29, 0.717) is 12.2 Å². The zero-order valence-corrected chi connectivity index (χ0v) is 11.9. The Morgan fingerprint density at radius 2 is 1.78 bits per heavy atom. The highest BCUT2D eigenvalue weighted by Gasteiger charge is 2.38. The Hall–Kier alpha value is -0.120. The van der Waals surface area contributed by atoms with Gasteiger partial charge in [-0.2, -0.15) is 0 Å². The number of piperidine rings is 1. The molecule has 4 unspecified atom stereocenters. The lowest BCUT2D eigenvalue weighted by Crippen LogP contribution is -2.43. The Kier molecular flexibility index (Phi) is 3.92. The Bertz CT molecular complexity index is 270. The number of ether oxygens (including phenoxy) is 1. The van der Waals surface area contributed by atoms with E-state index in [1.54, 1.807) is 0 Å². The van der Waals surface area contributed by atoms with Gasteiger partial charge in [0, 0.05) is 18.6 Å². The predicted octanol–water partition coefficient (Wildman–Crippen LogP) is 2.02. The zero-order valence-electron chi connectivity index (χ0n) is 11.9. The molecule has 1 N–H and O–H groups in total. The average Bonchev–Trinajstić information content (AvgIpc) is 2.82. The van der Waals surface area contributed by atoms with Crippen LogP contribution in [-0.2, 0) is 4.74 Å². The highest BCUT2D eigenvalue weighted by atomic mass is 16.5. The van der Waals surface area contributed by atoms with E-state index >= 15 is 0 Å². The fraction of sp³-hybridized carbons (Fsp3) is 1.00. The van der Waals surface area contributed by atoms with Crippen molar-refractivity contribution >= 4 is 0 Å². The maximum Gasteiger partial charge on any atom is 0.0704 e. The number of nitrogens with one attached hydrogen (secondary N) is 1. The molecule has 0 aliphatic carbocycles. The van der Waals surface area contributed by atoms with Gasteiger partial charge in [0.2, 0.25) is 0 Å². The van der Waals surface area contributed by atoms with Gasteiger partial charge in [-0.1, -0.05) is 0 Å². The molecule has 0 amide bonds. The second-order valence-electron chi connectivity index (χ2n) is 6.69. The van der Waals surface area contributed by atoms with Crippen molar-refractivity contribution in [3.63, 3.8) is 0 Å². The van der Waals surface area contributed by atoms with E-state index in [1.165, 1.54) is 45.1 Å². The minimum Gasteiger partial charge on any atom is -0.374 e. The van der Waals surface area contributed by atoms with Crippen molar-refractivity contribution in [3.05, 3.63) is 0 Å². The summed E-state index contributed by atoms with van der Waals surface area (Å²) in [6, 6.07) is 1.75. The lowest BCUT2D eigenvalue weighted by atomic mass is 9.91. The maximum atomic E-state index is 5.85. The molecular formula is C15H28N2O. The van der Waals surface area contributed by atoms with Gasteiger partial charge in [0.1, 0.15) is 0 Å². The summed E-state index contributed by atoms with van der Waals surface area (Å²) in [5.41, 5.74) is 0. The van der Waals surface area contributed by atoms with E-state index in [0.717, 1.165) is 24.5 Å². The molecule has 0 radical (unpaired) electrons. The number of rotatable bonds is 4. The molecule has 3 aliphatic heterocycles. The molecule has 3 saturated heterocycles. The first-order valence-electron chi connectivity index (χ1n) is 7.80. The minimum atomic E-state index is 0.475. The summed E-state index contributed by atoms with van der Waals surface area (Å²) in [5, 5.41) is 3.66. The normalized spacial score (nSPS) is 44.7. The van der Waals surface area contributed by atoms with Crippen molar-refractivity contribution in [1.82, 2.24) is 10.2 Å². The summed E-state index contributed by atoms with van der Waals surface area (Å²) in [4.78, 5) is 2.62. The smallest absolute Gasteiger partial charge is 0.0704 e. The van der Waals surface area contributed by atoms with E-state index in [1.807, 2.05) is 0 Å². The second kappa shape index (κ2) is 5.48. The number of hydrogen-bond acceptors (Lipinski definition) is 3. The van der Waals surface area contributed by atoms with E-state index in [9.17, 15) is 0 Å². The molecule has 3 nitrogen and oxygen atoms in total. The molecule has 0 spiro atoms. The molecule has 18 heavy (non-hydrogen) atoms. The Labute approximate surface area is 111 Å². The third-order valence-electron chi connectivity index (χ3n) is 5.32. The molecule has 3 heterocycles. The lowest BCUT2D eigenvalue weighted by molar-refractivity contribution is 0.0541. The SMILES string of the molecule is CC1CCC(CNCC2CC3CCC(C2)N3C)O1. The molecule has 3 aliphatic rings. The fourth-order valence-electron chi connectivity index (χ4n) is 4.17. The number of nitrogens with zero attached hydrogens (tertiary/aromatic N) is 1. The van der Waals surface area contributed by atoms with Gasteiger partial charge in [-0.3, -0.25) is 0 Å². The summed E-state index contributed by atoms with van der Waals surface area (Å²) in [6.07, 6.45) is 9.11. The van der Waals surface area contributed by atoms with Gasteiger partial charge in [0.15, 0.2) is 0 Å². The molecule has 0 aromatic rings. The van der Waals surface area contributed by atoms with Gasteiger partial charge >= 0.3 is 0 Å². The molecule has 3 rings (SSSR count). The van der Waals surface area contributed by atoms with Gasteiger partial charge in [-0.05, 0) is 65.0 Å². The van der Waals surface area contributed by atoms with Crippen LogP contribution in [0.4, 0.5) is 0 Å². The van der Waals surface area contributed by atoms with Crippen LogP contribution in [0.2, 0.25) is 0 Å². The van der Waals surface area contributed by atoms with Crippen LogP contribution in [0.5, 0.6) is 0 Å². The van der Waals surface area contributed by atoms with E-state index in [-0.39, 0.29) is 0 Å². The van der Waals surface area contributed by atoms with Crippen molar-refractivity contribution in [2.24, 2.45) is 5.92 Å². The van der Waals surface area contributed by atoms with Crippen LogP contribution in [0.3, 0.4) is 0 Å². The monoisotopic (exact) mass is 252 g/mol. The predicted molar refractivity (Wildman–Crippen MR) is 73.7 cm³/mol. The topological polar surface area (TPSA) is 24.5 Å². The van der Waals surface area contributed by atoms with Crippen LogP contribution in [0.1, 0.15) is 45.4 Å². The van der Waals surface area contributed by atoms with Gasteiger partial charge in [-0.15, -0.1) is 0 Å². The molecule has 2 bridgehead atoms. The van der Waals surface area contributed by atoms with Gasteiger partial charge in [0.05, 0.1) is 12.2 Å². The minimum absolute atomic E-state index is 0.475. The highest BCUT2D eigenvalue weighted by Crippen LogP contribution is 2.37. The van der Waals surface area contributed by atoms with E-state index < -0.39 is 0 Å². The van der Waals surface area contributed by atoms with Crippen LogP contribution in [0.25, 0.3) is 0 Å². The standard InChI is InChI=1S/C15H28N2O/c1-11-3-6-15(18-11)10-16-9-12-7-13-4-5-14(8-12)17(13)2/h11-16H,3-10H2,1-2H3. The molecule has 3 fully saturated rings. The Balaban J connectivity index is 1.37. The first kappa shape index (κ1) is 12.9. The van der Waals surface area contributed by atoms with Crippen LogP contribution >= 0.6 is 0 Å². The summed E-state index contributed by atoms with van der Waals surface area (Å²) in [5.74, 6) is 0.900. The van der Waals surface area contributed by atoms with Crippen LogP contribution in [-0.4, -0.2) is 49.3 Å². The van der Waals surface area contributed by atoms with Crippen molar-refractivity contribution < 1.29 is 4.74 Å². The third kappa shape index (κ3) is 2.73. The van der Waals surface area contributed by atoms with E-state index in [2.05, 4.69) is 24.2 Å². The summed E-state index contributed by atoms with van der Waals surface area (Å²) in [7, 11) is 2.32. The summed E-state index contributed by atoms with van der Waals surface area (Å²) >= 11 is 0. The van der Waals surface area contributed by atoms with Crippen molar-refractivity contribution in [2.45, 2.75) is 69.7 Å².